The lowest BCUT2D eigenvalue weighted by Crippen LogP contribution is -2.38. The van der Waals surface area contributed by atoms with E-state index in [1.54, 1.807) is 44.7 Å². The fourth-order valence-corrected chi connectivity index (χ4v) is 4.73. The number of rotatable bonds is 5. The Bertz CT molecular complexity index is 1200. The first-order chi connectivity index (χ1) is 15.0. The number of allylic oxidation sites excluding steroid dienone is 1. The number of aliphatic imine (C=N–C) groups is 1. The van der Waals surface area contributed by atoms with Crippen LogP contribution in [0.15, 0.2) is 77.6 Å². The standard InChI is InChI=1S/C24H24Cl2N3O2P/c1-6-16-14-19(22-20(25)8-7-9-21(22)26)24(30)29(3)23(16)28-15(2)27-17-10-12-18(13-11-17)32(4,5)31/h6-14,27H,2H2,1,3-5H3/b16-6-,28-23+. The van der Waals surface area contributed by atoms with E-state index in [2.05, 4.69) is 16.9 Å². The minimum absolute atomic E-state index is 0.275. The Hall–Kier alpha value is -2.59. The van der Waals surface area contributed by atoms with Gasteiger partial charge in [-0.25, -0.2) is 4.99 Å². The smallest absolute Gasteiger partial charge is 0.259 e. The summed E-state index contributed by atoms with van der Waals surface area (Å²) >= 11 is 12.7. The predicted octanol–water partition coefficient (Wildman–Crippen LogP) is 6.02. The summed E-state index contributed by atoms with van der Waals surface area (Å²) in [7, 11) is -0.678. The van der Waals surface area contributed by atoms with Crippen molar-refractivity contribution in [3.8, 4) is 0 Å². The van der Waals surface area contributed by atoms with E-state index < -0.39 is 7.14 Å². The quantitative estimate of drug-likeness (QED) is 0.524. The molecule has 166 valence electrons. The number of hydrogen-bond acceptors (Lipinski definition) is 4. The number of likely N-dealkylation sites (N-methyl/N-ethyl adjacent to an activating group) is 1. The number of carbonyl (C=O) groups excluding carboxylic acids is 1. The van der Waals surface area contributed by atoms with Gasteiger partial charge in [0.15, 0.2) is 0 Å². The second-order valence-electron chi connectivity index (χ2n) is 7.67. The fourth-order valence-electron chi connectivity index (χ4n) is 3.26. The van der Waals surface area contributed by atoms with Gasteiger partial charge in [-0.05, 0) is 62.7 Å². The minimum Gasteiger partial charge on any atom is -0.341 e. The van der Waals surface area contributed by atoms with Crippen molar-refractivity contribution < 1.29 is 9.36 Å². The molecule has 0 bridgehead atoms. The van der Waals surface area contributed by atoms with E-state index in [0.29, 0.717) is 32.8 Å². The summed E-state index contributed by atoms with van der Waals surface area (Å²) in [4.78, 5) is 19.1. The number of benzene rings is 2. The summed E-state index contributed by atoms with van der Waals surface area (Å²) < 4.78 is 12.2. The zero-order chi connectivity index (χ0) is 23.6. The summed E-state index contributed by atoms with van der Waals surface area (Å²) in [6.07, 6.45) is 3.59. The van der Waals surface area contributed by atoms with Crippen LogP contribution >= 0.6 is 30.3 Å². The van der Waals surface area contributed by atoms with Crippen molar-refractivity contribution in [2.45, 2.75) is 6.92 Å². The number of hydrogen-bond donors (Lipinski definition) is 1. The van der Waals surface area contributed by atoms with Crippen molar-refractivity contribution in [2.24, 2.45) is 4.99 Å². The van der Waals surface area contributed by atoms with Crippen molar-refractivity contribution in [3.05, 3.63) is 88.2 Å². The van der Waals surface area contributed by atoms with Gasteiger partial charge in [0.2, 0.25) is 0 Å². The maximum Gasteiger partial charge on any atom is 0.259 e. The lowest BCUT2D eigenvalue weighted by molar-refractivity contribution is -0.120. The van der Waals surface area contributed by atoms with Crippen LogP contribution in [0.4, 0.5) is 5.69 Å². The second-order valence-corrected chi connectivity index (χ2v) is 11.7. The highest BCUT2D eigenvalue weighted by Gasteiger charge is 2.30. The molecule has 1 aliphatic heterocycles. The molecule has 1 aliphatic rings. The van der Waals surface area contributed by atoms with Crippen LogP contribution in [0.5, 0.6) is 0 Å². The molecule has 5 nitrogen and oxygen atoms in total. The number of carbonyl (C=O) groups is 1. The minimum atomic E-state index is -2.32. The molecule has 0 saturated carbocycles. The van der Waals surface area contributed by atoms with E-state index >= 15 is 0 Å². The van der Waals surface area contributed by atoms with Crippen LogP contribution < -0.4 is 10.6 Å². The molecule has 0 aliphatic carbocycles. The molecule has 8 heteroatoms. The van der Waals surface area contributed by atoms with Gasteiger partial charge < -0.3 is 9.88 Å². The number of amides is 1. The van der Waals surface area contributed by atoms with Crippen LogP contribution in [-0.4, -0.2) is 37.0 Å². The average molecular weight is 488 g/mol. The van der Waals surface area contributed by atoms with Crippen LogP contribution in [0.1, 0.15) is 12.5 Å². The van der Waals surface area contributed by atoms with Crippen LogP contribution in [0.25, 0.3) is 5.57 Å². The Balaban J connectivity index is 1.91. The van der Waals surface area contributed by atoms with Crippen molar-refractivity contribution in [2.75, 3.05) is 25.7 Å². The predicted molar refractivity (Wildman–Crippen MR) is 137 cm³/mol. The number of nitrogens with zero attached hydrogens (tertiary/aromatic N) is 2. The maximum atomic E-state index is 13.1. The van der Waals surface area contributed by atoms with Crippen molar-refractivity contribution >= 4 is 58.7 Å². The van der Waals surface area contributed by atoms with Gasteiger partial charge in [-0.2, -0.15) is 0 Å². The third-order valence-electron chi connectivity index (χ3n) is 4.97. The highest BCUT2D eigenvalue weighted by molar-refractivity contribution is 7.70. The average Bonchev–Trinajstić information content (AvgIpc) is 2.72. The molecular formula is C24H24Cl2N3O2P. The molecule has 3 rings (SSSR count). The molecule has 1 amide bonds. The van der Waals surface area contributed by atoms with Crippen LogP contribution in [0, 0.1) is 0 Å². The first-order valence-electron chi connectivity index (χ1n) is 9.84. The van der Waals surface area contributed by atoms with Crippen molar-refractivity contribution in [3.63, 3.8) is 0 Å². The van der Waals surface area contributed by atoms with Crippen LogP contribution in [0.3, 0.4) is 0 Å². The van der Waals surface area contributed by atoms with Crippen molar-refractivity contribution in [1.29, 1.82) is 0 Å². The van der Waals surface area contributed by atoms with Gasteiger partial charge in [-0.15, -0.1) is 0 Å². The molecule has 0 unspecified atom stereocenters. The van der Waals surface area contributed by atoms with Crippen LogP contribution in [0.2, 0.25) is 10.0 Å². The summed E-state index contributed by atoms with van der Waals surface area (Å²) in [5, 5.41) is 4.71. The lowest BCUT2D eigenvalue weighted by atomic mass is 9.97. The number of anilines is 1. The number of halogens is 2. The van der Waals surface area contributed by atoms with Gasteiger partial charge in [0.25, 0.3) is 5.91 Å². The third-order valence-corrected chi connectivity index (χ3v) is 7.14. The SMILES string of the molecule is C=C(/N=C1\C(=C/C)C=C(c2c(Cl)cccc2Cl)C(=O)N1C)Nc1ccc(P(C)(C)=O)cc1. The van der Waals surface area contributed by atoms with Gasteiger partial charge in [-0.3, -0.25) is 9.69 Å². The molecule has 2 aromatic carbocycles. The zero-order valence-corrected chi connectivity index (χ0v) is 20.7. The largest absolute Gasteiger partial charge is 0.341 e. The Labute approximate surface area is 198 Å². The van der Waals surface area contributed by atoms with E-state index in [1.165, 1.54) is 4.90 Å². The first kappa shape index (κ1) is 24.1. The Morgan fingerprint density at radius 2 is 1.72 bits per heavy atom. The molecule has 2 aromatic rings. The van der Waals surface area contributed by atoms with Gasteiger partial charge in [-0.1, -0.05) is 41.9 Å². The van der Waals surface area contributed by atoms with Gasteiger partial charge in [0.05, 0.1) is 15.6 Å². The lowest BCUT2D eigenvalue weighted by Gasteiger charge is -2.27. The van der Waals surface area contributed by atoms with Gasteiger partial charge >= 0.3 is 0 Å². The van der Waals surface area contributed by atoms with Gasteiger partial charge in [0, 0.05) is 29.2 Å². The second kappa shape index (κ2) is 9.50. The van der Waals surface area contributed by atoms with Gasteiger partial charge in [0.1, 0.15) is 18.8 Å². The van der Waals surface area contributed by atoms with E-state index in [0.717, 1.165) is 16.6 Å². The molecular weight excluding hydrogens is 464 g/mol. The van der Waals surface area contributed by atoms with Crippen LogP contribution in [-0.2, 0) is 9.36 Å². The Morgan fingerprint density at radius 1 is 1.12 bits per heavy atom. The van der Waals surface area contributed by atoms with Crippen molar-refractivity contribution in [1.82, 2.24) is 4.90 Å². The number of nitrogens with one attached hydrogen (secondary N) is 1. The molecule has 0 spiro atoms. The molecule has 0 atom stereocenters. The normalized spacial score (nSPS) is 17.0. The zero-order valence-electron chi connectivity index (χ0n) is 18.3. The van der Waals surface area contributed by atoms with E-state index in [9.17, 15) is 9.36 Å². The van der Waals surface area contributed by atoms with E-state index in [1.807, 2.05) is 37.3 Å². The summed E-state index contributed by atoms with van der Waals surface area (Å²) in [6.45, 7) is 9.29. The summed E-state index contributed by atoms with van der Waals surface area (Å²) in [6, 6.07) is 12.4. The molecule has 32 heavy (non-hydrogen) atoms. The van der Waals surface area contributed by atoms with E-state index in [-0.39, 0.29) is 5.91 Å². The fraction of sp³-hybridized carbons (Fsp3) is 0.167. The summed E-state index contributed by atoms with van der Waals surface area (Å²) in [5.41, 5.74) is 2.37. The maximum absolute atomic E-state index is 13.1. The molecule has 1 N–H and O–H groups in total. The highest BCUT2D eigenvalue weighted by Crippen LogP contribution is 2.36. The molecule has 0 aromatic heterocycles. The Morgan fingerprint density at radius 3 is 2.25 bits per heavy atom. The topological polar surface area (TPSA) is 61.8 Å². The summed E-state index contributed by atoms with van der Waals surface area (Å²) in [5.74, 6) is 0.531. The van der Waals surface area contributed by atoms with E-state index in [4.69, 9.17) is 23.2 Å². The Kier molecular flexibility index (Phi) is 7.14. The highest BCUT2D eigenvalue weighted by atomic mass is 35.5. The number of amidine groups is 1. The molecule has 0 radical (unpaired) electrons. The first-order valence-corrected chi connectivity index (χ1v) is 13.2. The third kappa shape index (κ3) is 5.07. The monoisotopic (exact) mass is 487 g/mol. The molecule has 1 heterocycles. The molecule has 0 saturated heterocycles. The molecule has 0 fully saturated rings.